The van der Waals surface area contributed by atoms with Crippen LogP contribution in [-0.2, 0) is 0 Å². The smallest absolute Gasteiger partial charge is 0.282 e. The Morgan fingerprint density at radius 3 is 2.52 bits per heavy atom. The molecule has 2 aromatic rings. The third-order valence-corrected chi connectivity index (χ3v) is 3.72. The summed E-state index contributed by atoms with van der Waals surface area (Å²) >= 11 is 0. The summed E-state index contributed by atoms with van der Waals surface area (Å²) < 4.78 is 0. The van der Waals surface area contributed by atoms with E-state index in [1.54, 1.807) is 24.3 Å². The van der Waals surface area contributed by atoms with E-state index in [-0.39, 0.29) is 23.2 Å². The number of para-hydroxylation sites is 1. The number of benzene rings is 2. The van der Waals surface area contributed by atoms with E-state index in [2.05, 4.69) is 10.6 Å². The van der Waals surface area contributed by atoms with Crippen LogP contribution in [0.1, 0.15) is 41.0 Å². The molecule has 25 heavy (non-hydrogen) atoms. The van der Waals surface area contributed by atoms with Crippen LogP contribution in [0, 0.1) is 10.1 Å². The molecule has 2 N–H and O–H groups in total. The second kappa shape index (κ2) is 8.05. The minimum atomic E-state index is -0.606. The fourth-order valence-corrected chi connectivity index (χ4v) is 2.17. The van der Waals surface area contributed by atoms with Gasteiger partial charge in [0.2, 0.25) is 0 Å². The van der Waals surface area contributed by atoms with Gasteiger partial charge in [-0.05, 0) is 37.6 Å². The second-order valence-corrected chi connectivity index (χ2v) is 5.59. The van der Waals surface area contributed by atoms with E-state index in [4.69, 9.17) is 0 Å². The number of carbonyl (C=O) groups is 2. The zero-order chi connectivity index (χ0) is 18.4. The fraction of sp³-hybridized carbons (Fsp3) is 0.222. The zero-order valence-corrected chi connectivity index (χ0v) is 14.0. The number of nitro benzene ring substituents is 1. The summed E-state index contributed by atoms with van der Waals surface area (Å²) in [5, 5.41) is 16.5. The van der Waals surface area contributed by atoms with E-state index in [0.717, 1.165) is 6.42 Å². The lowest BCUT2D eigenvalue weighted by Gasteiger charge is -2.12. The number of nitrogens with zero attached hydrogens (tertiary/aromatic N) is 1. The van der Waals surface area contributed by atoms with Crippen molar-refractivity contribution in [2.45, 2.75) is 26.3 Å². The summed E-state index contributed by atoms with van der Waals surface area (Å²) in [6.07, 6.45) is 0.805. The van der Waals surface area contributed by atoms with Crippen molar-refractivity contribution in [3.05, 3.63) is 69.8 Å². The molecule has 0 saturated carbocycles. The predicted octanol–water partition coefficient (Wildman–Crippen LogP) is 3.38. The highest BCUT2D eigenvalue weighted by molar-refractivity contribution is 6.07. The maximum absolute atomic E-state index is 12.3. The molecule has 2 amide bonds. The van der Waals surface area contributed by atoms with Gasteiger partial charge in [0.15, 0.2) is 0 Å². The zero-order valence-electron chi connectivity index (χ0n) is 14.0. The van der Waals surface area contributed by atoms with Crippen LogP contribution in [0.4, 0.5) is 11.4 Å². The number of hydrogen-bond acceptors (Lipinski definition) is 4. The molecule has 2 aromatic carbocycles. The van der Waals surface area contributed by atoms with Gasteiger partial charge in [-0.15, -0.1) is 0 Å². The molecule has 0 fully saturated rings. The average Bonchev–Trinajstić information content (AvgIpc) is 2.61. The Kier molecular flexibility index (Phi) is 5.84. The minimum absolute atomic E-state index is 0.0396. The van der Waals surface area contributed by atoms with Crippen LogP contribution < -0.4 is 10.6 Å². The molecular weight excluding hydrogens is 322 g/mol. The third kappa shape index (κ3) is 4.63. The third-order valence-electron chi connectivity index (χ3n) is 3.72. The number of anilines is 1. The van der Waals surface area contributed by atoms with E-state index < -0.39 is 10.8 Å². The quantitative estimate of drug-likeness (QED) is 0.621. The normalized spacial score (nSPS) is 11.4. The first-order chi connectivity index (χ1) is 11.9. The van der Waals surface area contributed by atoms with Crippen LogP contribution in [0.2, 0.25) is 0 Å². The highest BCUT2D eigenvalue weighted by Crippen LogP contribution is 2.20. The van der Waals surface area contributed by atoms with E-state index in [1.807, 2.05) is 13.8 Å². The number of hydrogen-bond donors (Lipinski definition) is 2. The molecule has 130 valence electrons. The van der Waals surface area contributed by atoms with Gasteiger partial charge in [-0.1, -0.05) is 25.1 Å². The molecule has 0 aliphatic carbocycles. The number of carbonyl (C=O) groups excluding carboxylic acids is 2. The highest BCUT2D eigenvalue weighted by Gasteiger charge is 2.19. The van der Waals surface area contributed by atoms with Gasteiger partial charge in [-0.2, -0.15) is 0 Å². The van der Waals surface area contributed by atoms with E-state index >= 15 is 0 Å². The molecular formula is C18H19N3O4. The van der Waals surface area contributed by atoms with Crippen LogP contribution in [-0.4, -0.2) is 22.8 Å². The topological polar surface area (TPSA) is 101 Å². The van der Waals surface area contributed by atoms with Crippen molar-refractivity contribution >= 4 is 23.2 Å². The Labute approximate surface area is 145 Å². The molecule has 7 heteroatoms. The van der Waals surface area contributed by atoms with Crippen molar-refractivity contribution < 1.29 is 14.5 Å². The lowest BCUT2D eigenvalue weighted by Crippen LogP contribution is -2.31. The van der Waals surface area contributed by atoms with Crippen molar-refractivity contribution in [1.29, 1.82) is 0 Å². The number of nitro groups is 1. The van der Waals surface area contributed by atoms with Gasteiger partial charge in [0.25, 0.3) is 17.5 Å². The van der Waals surface area contributed by atoms with Gasteiger partial charge in [-0.3, -0.25) is 19.7 Å². The van der Waals surface area contributed by atoms with Crippen molar-refractivity contribution in [3.8, 4) is 0 Å². The standard InChI is InChI=1S/C18H19N3O4/c1-3-12(2)19-17(22)13-7-6-8-14(11-13)20-18(23)15-9-4-5-10-16(15)21(24)25/h4-12H,3H2,1-2H3,(H,19,22)(H,20,23). The summed E-state index contributed by atoms with van der Waals surface area (Å²) in [7, 11) is 0. The predicted molar refractivity (Wildman–Crippen MR) is 94.7 cm³/mol. The highest BCUT2D eigenvalue weighted by atomic mass is 16.6. The largest absolute Gasteiger partial charge is 0.350 e. The Hall–Kier alpha value is -3.22. The summed E-state index contributed by atoms with van der Waals surface area (Å²) in [5.41, 5.74) is 0.480. The van der Waals surface area contributed by atoms with E-state index in [9.17, 15) is 19.7 Å². The van der Waals surface area contributed by atoms with Crippen molar-refractivity contribution in [3.63, 3.8) is 0 Å². The minimum Gasteiger partial charge on any atom is -0.350 e. The molecule has 0 radical (unpaired) electrons. The molecule has 0 saturated heterocycles. The molecule has 0 spiro atoms. The maximum atomic E-state index is 12.3. The SMILES string of the molecule is CCC(C)NC(=O)c1cccc(NC(=O)c2ccccc2[N+](=O)[O-])c1. The molecule has 2 rings (SSSR count). The molecule has 0 bridgehead atoms. The Bertz CT molecular complexity index is 804. The Morgan fingerprint density at radius 1 is 1.12 bits per heavy atom. The second-order valence-electron chi connectivity index (χ2n) is 5.59. The van der Waals surface area contributed by atoms with Gasteiger partial charge in [0.1, 0.15) is 5.56 Å². The van der Waals surface area contributed by atoms with E-state index in [1.165, 1.54) is 24.3 Å². The van der Waals surface area contributed by atoms with Gasteiger partial charge in [0.05, 0.1) is 4.92 Å². The summed E-state index contributed by atoms with van der Waals surface area (Å²) in [4.78, 5) is 34.9. The van der Waals surface area contributed by atoms with Crippen molar-refractivity contribution in [2.75, 3.05) is 5.32 Å². The van der Waals surface area contributed by atoms with Crippen molar-refractivity contribution in [2.24, 2.45) is 0 Å². The van der Waals surface area contributed by atoms with Crippen LogP contribution in [0.15, 0.2) is 48.5 Å². The summed E-state index contributed by atoms with van der Waals surface area (Å²) in [6.45, 7) is 3.87. The first-order valence-corrected chi connectivity index (χ1v) is 7.88. The summed E-state index contributed by atoms with van der Waals surface area (Å²) in [5.74, 6) is -0.845. The molecule has 0 heterocycles. The lowest BCUT2D eigenvalue weighted by atomic mass is 10.1. The number of nitrogens with one attached hydrogen (secondary N) is 2. The van der Waals surface area contributed by atoms with Gasteiger partial charge in [-0.25, -0.2) is 0 Å². The molecule has 1 atom stereocenters. The number of rotatable bonds is 6. The molecule has 0 aliphatic rings. The molecule has 1 unspecified atom stereocenters. The van der Waals surface area contributed by atoms with Crippen molar-refractivity contribution in [1.82, 2.24) is 5.32 Å². The first kappa shape index (κ1) is 18.1. The first-order valence-electron chi connectivity index (χ1n) is 7.88. The number of amides is 2. The van der Waals surface area contributed by atoms with Crippen LogP contribution in [0.5, 0.6) is 0 Å². The molecule has 0 aromatic heterocycles. The van der Waals surface area contributed by atoms with Gasteiger partial charge >= 0.3 is 0 Å². The van der Waals surface area contributed by atoms with E-state index in [0.29, 0.717) is 11.3 Å². The maximum Gasteiger partial charge on any atom is 0.282 e. The summed E-state index contributed by atoms with van der Waals surface area (Å²) in [6, 6.07) is 12.2. The van der Waals surface area contributed by atoms with Crippen LogP contribution in [0.25, 0.3) is 0 Å². The molecule has 7 nitrogen and oxygen atoms in total. The Balaban J connectivity index is 2.19. The van der Waals surface area contributed by atoms with Crippen LogP contribution >= 0.6 is 0 Å². The Morgan fingerprint density at radius 2 is 1.84 bits per heavy atom. The van der Waals surface area contributed by atoms with Crippen LogP contribution in [0.3, 0.4) is 0 Å². The lowest BCUT2D eigenvalue weighted by molar-refractivity contribution is -0.385. The fourth-order valence-electron chi connectivity index (χ4n) is 2.17. The van der Waals surface area contributed by atoms with Gasteiger partial charge in [0, 0.05) is 23.4 Å². The average molecular weight is 341 g/mol. The molecule has 0 aliphatic heterocycles. The monoisotopic (exact) mass is 341 g/mol. The van der Waals surface area contributed by atoms with Gasteiger partial charge < -0.3 is 10.6 Å².